The first-order valence-electron chi connectivity index (χ1n) is 18.0. The fraction of sp³-hybridized carbons (Fsp3) is 0.553. The lowest BCUT2D eigenvalue weighted by molar-refractivity contribution is -0.159. The minimum atomic E-state index is -1.57. The molecular formula is C38H51N5O7. The maximum atomic E-state index is 14.3. The van der Waals surface area contributed by atoms with Crippen LogP contribution in [0.2, 0.25) is 0 Å². The van der Waals surface area contributed by atoms with Crippen molar-refractivity contribution >= 4 is 34.5 Å². The second-order valence-electron chi connectivity index (χ2n) is 13.9. The number of esters is 1. The number of carbonyl (C=O) groups excluding carboxylic acids is 4. The summed E-state index contributed by atoms with van der Waals surface area (Å²) in [6.45, 7) is 5.20. The van der Waals surface area contributed by atoms with Crippen molar-refractivity contribution in [2.75, 3.05) is 26.3 Å². The highest BCUT2D eigenvalue weighted by molar-refractivity contribution is 5.92. The molecule has 5 rings (SSSR count). The first-order valence-corrected chi connectivity index (χ1v) is 18.0. The van der Waals surface area contributed by atoms with Gasteiger partial charge in [0.05, 0.1) is 37.6 Å². The molecule has 1 saturated carbocycles. The molecule has 2 heterocycles. The Morgan fingerprint density at radius 3 is 2.44 bits per heavy atom. The van der Waals surface area contributed by atoms with E-state index >= 15 is 0 Å². The largest absolute Gasteiger partial charge is 0.461 e. The molecule has 3 aromatic rings. The predicted octanol–water partition coefficient (Wildman–Crippen LogP) is 3.47. The van der Waals surface area contributed by atoms with Gasteiger partial charge in [-0.1, -0.05) is 74.6 Å². The number of morpholine rings is 1. The number of hydrogen-bond acceptors (Lipinski definition) is 8. The fourth-order valence-electron chi connectivity index (χ4n) is 7.06. The van der Waals surface area contributed by atoms with E-state index in [1.54, 1.807) is 24.9 Å². The Morgan fingerprint density at radius 1 is 0.980 bits per heavy atom. The summed E-state index contributed by atoms with van der Waals surface area (Å²) in [7, 11) is 0. The number of ether oxygens (including phenoxy) is 2. The molecule has 1 aliphatic carbocycles. The zero-order valence-electron chi connectivity index (χ0n) is 29.1. The van der Waals surface area contributed by atoms with Crippen molar-refractivity contribution in [2.24, 2.45) is 11.8 Å². The van der Waals surface area contributed by atoms with Gasteiger partial charge >= 0.3 is 5.97 Å². The molecule has 4 N–H and O–H groups in total. The van der Waals surface area contributed by atoms with Gasteiger partial charge in [-0.05, 0) is 48.9 Å². The van der Waals surface area contributed by atoms with Gasteiger partial charge in [-0.15, -0.1) is 0 Å². The summed E-state index contributed by atoms with van der Waals surface area (Å²) < 4.78 is 10.7. The highest BCUT2D eigenvalue weighted by Crippen LogP contribution is 2.29. The van der Waals surface area contributed by atoms with E-state index in [2.05, 4.69) is 20.6 Å². The number of aliphatic hydroxyl groups is 1. The minimum absolute atomic E-state index is 0.0441. The van der Waals surface area contributed by atoms with Crippen molar-refractivity contribution in [3.05, 3.63) is 66.2 Å². The number of aromatic nitrogens is 2. The molecule has 12 heteroatoms. The van der Waals surface area contributed by atoms with Gasteiger partial charge in [-0.3, -0.25) is 14.4 Å². The Morgan fingerprint density at radius 2 is 1.72 bits per heavy atom. The zero-order valence-corrected chi connectivity index (χ0v) is 29.1. The molecule has 12 nitrogen and oxygen atoms in total. The third-order valence-electron chi connectivity index (χ3n) is 9.73. The van der Waals surface area contributed by atoms with Gasteiger partial charge in [0.2, 0.25) is 17.7 Å². The second-order valence-corrected chi connectivity index (χ2v) is 13.9. The summed E-state index contributed by atoms with van der Waals surface area (Å²) in [4.78, 5) is 63.6. The molecule has 4 atom stereocenters. The molecule has 0 unspecified atom stereocenters. The Balaban J connectivity index is 1.39. The number of amides is 3. The van der Waals surface area contributed by atoms with Crippen LogP contribution < -0.4 is 10.6 Å². The highest BCUT2D eigenvalue weighted by atomic mass is 16.6. The normalized spacial score (nSPS) is 17.9. The number of hydrogen-bond donors (Lipinski definition) is 4. The number of aromatic amines is 1. The third-order valence-corrected chi connectivity index (χ3v) is 9.73. The van der Waals surface area contributed by atoms with Gasteiger partial charge < -0.3 is 35.1 Å². The average Bonchev–Trinajstić information content (AvgIpc) is 3.64. The van der Waals surface area contributed by atoms with Gasteiger partial charge in [0.15, 0.2) is 6.10 Å². The van der Waals surface area contributed by atoms with Crippen molar-refractivity contribution in [3.8, 4) is 0 Å². The number of nitrogens with one attached hydrogen (secondary N) is 3. The topological polar surface area (TPSA) is 163 Å². The highest BCUT2D eigenvalue weighted by Gasteiger charge is 2.35. The SMILES string of the molecule is CC(C)OC(=O)[C@H](O)[C@H](CC1CCCCC1)NC(=O)[C@H](Cc1cnc[nH]1)NC(=O)[C@H](CC(=O)N1CCOCC1)Cc1cccc2ccccc12. The molecule has 0 bridgehead atoms. The number of fused-ring (bicyclic) bond motifs is 1. The van der Waals surface area contributed by atoms with Crippen molar-refractivity contribution in [3.63, 3.8) is 0 Å². The lowest BCUT2D eigenvalue weighted by Gasteiger charge is -2.31. The number of nitrogens with zero attached hydrogens (tertiary/aromatic N) is 2. The van der Waals surface area contributed by atoms with Crippen LogP contribution in [-0.2, 0) is 41.5 Å². The molecule has 2 fully saturated rings. The molecule has 0 radical (unpaired) electrons. The van der Waals surface area contributed by atoms with E-state index in [9.17, 15) is 24.3 Å². The Kier molecular flexibility index (Phi) is 13.4. The summed E-state index contributed by atoms with van der Waals surface area (Å²) in [6.07, 6.45) is 6.92. The number of aliphatic hydroxyl groups excluding tert-OH is 1. The lowest BCUT2D eigenvalue weighted by Crippen LogP contribution is -2.56. The minimum Gasteiger partial charge on any atom is -0.461 e. The Bertz CT molecular complexity index is 1560. The molecule has 1 saturated heterocycles. The fourth-order valence-corrected chi connectivity index (χ4v) is 7.06. The van der Waals surface area contributed by atoms with Crippen LogP contribution in [0.15, 0.2) is 55.0 Å². The van der Waals surface area contributed by atoms with Crippen LogP contribution in [0, 0.1) is 11.8 Å². The third kappa shape index (κ3) is 10.4. The molecule has 270 valence electrons. The Labute approximate surface area is 293 Å². The van der Waals surface area contributed by atoms with Gasteiger partial charge in [0.25, 0.3) is 0 Å². The first kappa shape index (κ1) is 37.0. The summed E-state index contributed by atoms with van der Waals surface area (Å²) >= 11 is 0. The summed E-state index contributed by atoms with van der Waals surface area (Å²) in [6, 6.07) is 11.8. The molecule has 1 aliphatic heterocycles. The van der Waals surface area contributed by atoms with Gasteiger partial charge in [-0.2, -0.15) is 0 Å². The van der Waals surface area contributed by atoms with Crippen LogP contribution in [0.25, 0.3) is 10.8 Å². The molecule has 3 amide bonds. The van der Waals surface area contributed by atoms with Gasteiger partial charge in [-0.25, -0.2) is 9.78 Å². The zero-order chi connectivity index (χ0) is 35.5. The first-order chi connectivity index (χ1) is 24.2. The van der Waals surface area contributed by atoms with E-state index in [-0.39, 0.29) is 31.1 Å². The number of imidazole rings is 1. The van der Waals surface area contributed by atoms with Crippen LogP contribution in [0.3, 0.4) is 0 Å². The molecule has 2 aliphatic rings. The van der Waals surface area contributed by atoms with E-state index in [0.717, 1.165) is 48.4 Å². The van der Waals surface area contributed by atoms with E-state index in [1.165, 1.54) is 6.33 Å². The predicted molar refractivity (Wildman–Crippen MR) is 188 cm³/mol. The van der Waals surface area contributed by atoms with Gasteiger partial charge in [0, 0.05) is 37.8 Å². The van der Waals surface area contributed by atoms with Gasteiger partial charge in [0.1, 0.15) is 6.04 Å². The van der Waals surface area contributed by atoms with E-state index in [4.69, 9.17) is 9.47 Å². The quantitative estimate of drug-likeness (QED) is 0.176. The monoisotopic (exact) mass is 689 g/mol. The van der Waals surface area contributed by atoms with Crippen LogP contribution in [0.4, 0.5) is 0 Å². The van der Waals surface area contributed by atoms with Crippen molar-refractivity contribution in [1.29, 1.82) is 0 Å². The number of H-pyrrole nitrogens is 1. The molecule has 0 spiro atoms. The van der Waals surface area contributed by atoms with Crippen LogP contribution in [0.1, 0.15) is 70.1 Å². The second kappa shape index (κ2) is 18.1. The van der Waals surface area contributed by atoms with E-state index in [0.29, 0.717) is 38.4 Å². The summed E-state index contributed by atoms with van der Waals surface area (Å²) in [5.74, 6) is -2.49. The van der Waals surface area contributed by atoms with Crippen LogP contribution in [0.5, 0.6) is 0 Å². The molecular weight excluding hydrogens is 638 g/mol. The van der Waals surface area contributed by atoms with Crippen LogP contribution >= 0.6 is 0 Å². The van der Waals surface area contributed by atoms with Crippen molar-refractivity contribution < 1.29 is 33.8 Å². The standard InChI is InChI=1S/C38H51N5O7/c1-25(2)50-38(48)35(45)32(19-26-9-4-3-5-10-26)41-37(47)33(22-30-23-39-24-40-30)42-36(46)29(21-34(44)43-15-17-49-18-16-43)20-28-13-8-12-27-11-6-7-14-31(27)28/h6-8,11-14,23-26,29,32-33,35,45H,3-5,9-10,15-22H2,1-2H3,(H,39,40)(H,41,47)(H,42,46)/t29-,32-,33-,35+/m0/s1. The van der Waals surface area contributed by atoms with E-state index in [1.807, 2.05) is 42.5 Å². The summed E-state index contributed by atoms with van der Waals surface area (Å²) in [5.41, 5.74) is 1.54. The maximum Gasteiger partial charge on any atom is 0.337 e. The molecule has 50 heavy (non-hydrogen) atoms. The molecule has 2 aromatic carbocycles. The van der Waals surface area contributed by atoms with Crippen molar-refractivity contribution in [1.82, 2.24) is 25.5 Å². The summed E-state index contributed by atoms with van der Waals surface area (Å²) in [5, 5.41) is 19.0. The maximum absolute atomic E-state index is 14.3. The van der Waals surface area contributed by atoms with E-state index < -0.39 is 48.0 Å². The lowest BCUT2D eigenvalue weighted by atomic mass is 9.83. The molecule has 1 aromatic heterocycles. The number of carbonyl (C=O) groups is 4. The average molecular weight is 690 g/mol. The van der Waals surface area contributed by atoms with Crippen LogP contribution in [-0.4, -0.2) is 94.3 Å². The van der Waals surface area contributed by atoms with Crippen molar-refractivity contribution in [2.45, 2.75) is 95.9 Å². The number of benzene rings is 2. The Hall–Kier alpha value is -4.29. The smallest absolute Gasteiger partial charge is 0.337 e. The number of rotatable bonds is 15.